The van der Waals surface area contributed by atoms with Gasteiger partial charge < -0.3 is 10.6 Å². The Bertz CT molecular complexity index is 893. The highest BCUT2D eigenvalue weighted by Crippen LogP contribution is 2.19. The van der Waals surface area contributed by atoms with Crippen LogP contribution in [0.15, 0.2) is 39.9 Å². The highest BCUT2D eigenvalue weighted by atomic mass is 32.2. The predicted molar refractivity (Wildman–Crippen MR) is 102 cm³/mol. The molecule has 2 amide bonds. The van der Waals surface area contributed by atoms with Crippen LogP contribution in [0.4, 0.5) is 5.69 Å². The van der Waals surface area contributed by atoms with Gasteiger partial charge in [-0.2, -0.15) is 4.72 Å². The molecule has 2 rings (SSSR count). The number of carbonyl (C=O) groups excluding carboxylic acids is 2. The molecule has 0 aliphatic carbocycles. The number of thiophene rings is 1. The van der Waals surface area contributed by atoms with Crippen LogP contribution in [0.2, 0.25) is 0 Å². The Balaban J connectivity index is 2.11. The number of sulfonamides is 1. The Morgan fingerprint density at radius 1 is 1.23 bits per heavy atom. The second-order valence-corrected chi connectivity index (χ2v) is 8.54. The lowest BCUT2D eigenvalue weighted by molar-refractivity contribution is -0.117. The molecule has 7 nitrogen and oxygen atoms in total. The third kappa shape index (κ3) is 4.90. The van der Waals surface area contributed by atoms with E-state index in [2.05, 4.69) is 15.4 Å². The van der Waals surface area contributed by atoms with Crippen molar-refractivity contribution in [3.05, 3.63) is 46.8 Å². The number of rotatable bonds is 7. The smallest absolute Gasteiger partial charge is 0.251 e. The van der Waals surface area contributed by atoms with Crippen LogP contribution in [-0.2, 0) is 14.8 Å². The van der Waals surface area contributed by atoms with Crippen molar-refractivity contribution in [3.63, 3.8) is 0 Å². The molecule has 0 fully saturated rings. The van der Waals surface area contributed by atoms with Crippen LogP contribution >= 0.6 is 11.3 Å². The molecule has 0 spiro atoms. The zero-order valence-electron chi connectivity index (χ0n) is 14.7. The van der Waals surface area contributed by atoms with E-state index < -0.39 is 22.0 Å². The van der Waals surface area contributed by atoms with Gasteiger partial charge in [0.05, 0.1) is 6.04 Å². The van der Waals surface area contributed by atoms with Crippen LogP contribution in [0.5, 0.6) is 0 Å². The normalized spacial score (nSPS) is 12.4. The van der Waals surface area contributed by atoms with Crippen LogP contribution in [0.3, 0.4) is 0 Å². The summed E-state index contributed by atoms with van der Waals surface area (Å²) in [4.78, 5) is 24.3. The largest absolute Gasteiger partial charge is 0.352 e. The summed E-state index contributed by atoms with van der Waals surface area (Å²) in [7, 11) is -3.75. The van der Waals surface area contributed by atoms with E-state index in [0.717, 1.165) is 16.9 Å². The van der Waals surface area contributed by atoms with Crippen LogP contribution < -0.4 is 15.4 Å². The average molecular weight is 396 g/mol. The van der Waals surface area contributed by atoms with Gasteiger partial charge in [0.15, 0.2) is 0 Å². The summed E-state index contributed by atoms with van der Waals surface area (Å²) in [5.41, 5.74) is 1.64. The first kappa shape index (κ1) is 20.1. The summed E-state index contributed by atoms with van der Waals surface area (Å²) in [6.07, 6.45) is 0. The first-order valence-corrected chi connectivity index (χ1v) is 10.4. The summed E-state index contributed by atoms with van der Waals surface area (Å²) < 4.78 is 26.9. The minimum absolute atomic E-state index is 0.145. The fourth-order valence-corrected chi connectivity index (χ4v) is 4.37. The number of hydrogen-bond donors (Lipinski definition) is 3. The molecule has 0 aliphatic rings. The number of carbonyl (C=O) groups is 2. The topological polar surface area (TPSA) is 104 Å². The third-order valence-corrected chi connectivity index (χ3v) is 6.52. The number of benzene rings is 1. The Hall–Kier alpha value is -2.23. The molecule has 9 heteroatoms. The standard InChI is InChI=1S/C17H21N3O4S2/c1-4-18-17(22)13-8-7-11(2)14(10-13)19-16(21)12(3)20-26(23,24)15-6-5-9-25-15/h5-10,12,20H,4H2,1-3H3,(H,18,22)(H,19,21). The highest BCUT2D eigenvalue weighted by molar-refractivity contribution is 7.91. The van der Waals surface area contributed by atoms with Crippen LogP contribution in [-0.4, -0.2) is 32.8 Å². The van der Waals surface area contributed by atoms with E-state index in [1.54, 1.807) is 36.6 Å². The molecule has 0 saturated heterocycles. The van der Waals surface area contributed by atoms with E-state index in [0.29, 0.717) is 17.8 Å². The maximum atomic E-state index is 12.4. The summed E-state index contributed by atoms with van der Waals surface area (Å²) in [5.74, 6) is -0.754. The van der Waals surface area contributed by atoms with Gasteiger partial charge in [0.1, 0.15) is 4.21 Å². The molecule has 2 aromatic rings. The van der Waals surface area contributed by atoms with Crippen molar-refractivity contribution < 1.29 is 18.0 Å². The lowest BCUT2D eigenvalue weighted by Gasteiger charge is -2.15. The zero-order chi connectivity index (χ0) is 19.3. The van der Waals surface area contributed by atoms with E-state index in [-0.39, 0.29) is 10.1 Å². The van der Waals surface area contributed by atoms with E-state index in [9.17, 15) is 18.0 Å². The Morgan fingerprint density at radius 2 is 1.96 bits per heavy atom. The average Bonchev–Trinajstić information content (AvgIpc) is 3.12. The van der Waals surface area contributed by atoms with E-state index >= 15 is 0 Å². The number of hydrogen-bond acceptors (Lipinski definition) is 5. The molecular formula is C17H21N3O4S2. The molecule has 1 aromatic carbocycles. The first-order chi connectivity index (χ1) is 12.2. The first-order valence-electron chi connectivity index (χ1n) is 8.00. The molecule has 1 heterocycles. The second kappa shape index (κ2) is 8.43. The molecule has 1 atom stereocenters. The number of aryl methyl sites for hydroxylation is 1. The van der Waals surface area contributed by atoms with Gasteiger partial charge in [-0.1, -0.05) is 12.1 Å². The maximum Gasteiger partial charge on any atom is 0.251 e. The molecule has 26 heavy (non-hydrogen) atoms. The Kier molecular flexibility index (Phi) is 6.52. The van der Waals surface area contributed by atoms with Crippen molar-refractivity contribution in [2.24, 2.45) is 0 Å². The lowest BCUT2D eigenvalue weighted by Crippen LogP contribution is -2.41. The summed E-state index contributed by atoms with van der Waals surface area (Å²) >= 11 is 1.07. The van der Waals surface area contributed by atoms with Gasteiger partial charge in [-0.25, -0.2) is 8.42 Å². The van der Waals surface area contributed by atoms with Gasteiger partial charge in [0.2, 0.25) is 5.91 Å². The maximum absolute atomic E-state index is 12.4. The van der Waals surface area contributed by atoms with Crippen LogP contribution in [0.1, 0.15) is 29.8 Å². The number of nitrogens with one attached hydrogen (secondary N) is 3. The fourth-order valence-electron chi connectivity index (χ4n) is 2.16. The van der Waals surface area contributed by atoms with E-state index in [1.807, 2.05) is 6.92 Å². The van der Waals surface area contributed by atoms with Crippen molar-refractivity contribution >= 4 is 38.9 Å². The predicted octanol–water partition coefficient (Wildman–Crippen LogP) is 2.11. The summed E-state index contributed by atoms with van der Waals surface area (Å²) in [6, 6.07) is 7.07. The minimum atomic E-state index is -3.75. The number of amides is 2. The molecule has 1 aromatic heterocycles. The van der Waals surface area contributed by atoms with E-state index in [1.165, 1.54) is 13.0 Å². The highest BCUT2D eigenvalue weighted by Gasteiger charge is 2.23. The molecular weight excluding hydrogens is 374 g/mol. The van der Waals surface area contributed by atoms with Gasteiger partial charge in [-0.3, -0.25) is 9.59 Å². The molecule has 1 unspecified atom stereocenters. The van der Waals surface area contributed by atoms with Gasteiger partial charge >= 0.3 is 0 Å². The molecule has 3 N–H and O–H groups in total. The third-order valence-electron chi connectivity index (χ3n) is 3.58. The second-order valence-electron chi connectivity index (χ2n) is 5.65. The van der Waals surface area contributed by atoms with Crippen molar-refractivity contribution in [1.29, 1.82) is 0 Å². The minimum Gasteiger partial charge on any atom is -0.352 e. The van der Waals surface area contributed by atoms with Crippen molar-refractivity contribution in [2.75, 3.05) is 11.9 Å². The quantitative estimate of drug-likeness (QED) is 0.668. The summed E-state index contributed by atoms with van der Waals surface area (Å²) in [5, 5.41) is 7.01. The molecule has 0 radical (unpaired) electrons. The fraction of sp³-hybridized carbons (Fsp3) is 0.294. The molecule has 0 saturated carbocycles. The molecule has 0 bridgehead atoms. The number of anilines is 1. The van der Waals surface area contributed by atoms with Crippen LogP contribution in [0, 0.1) is 6.92 Å². The monoisotopic (exact) mass is 395 g/mol. The van der Waals surface area contributed by atoms with Crippen LogP contribution in [0.25, 0.3) is 0 Å². The Morgan fingerprint density at radius 3 is 2.58 bits per heavy atom. The molecule has 140 valence electrons. The van der Waals surface area contributed by atoms with Crippen molar-refractivity contribution in [3.8, 4) is 0 Å². The van der Waals surface area contributed by atoms with E-state index in [4.69, 9.17) is 0 Å². The molecule has 0 aliphatic heterocycles. The van der Waals surface area contributed by atoms with Crippen molar-refractivity contribution in [2.45, 2.75) is 31.0 Å². The zero-order valence-corrected chi connectivity index (χ0v) is 16.3. The SMILES string of the molecule is CCNC(=O)c1ccc(C)c(NC(=O)C(C)NS(=O)(=O)c2cccs2)c1. The Labute approximate surface area is 156 Å². The lowest BCUT2D eigenvalue weighted by atomic mass is 10.1. The van der Waals surface area contributed by atoms with Gasteiger partial charge in [-0.15, -0.1) is 11.3 Å². The summed E-state index contributed by atoms with van der Waals surface area (Å²) in [6.45, 7) is 5.56. The van der Waals surface area contributed by atoms with Crippen molar-refractivity contribution in [1.82, 2.24) is 10.0 Å². The van der Waals surface area contributed by atoms with Gasteiger partial charge in [0.25, 0.3) is 15.9 Å². The van der Waals surface area contributed by atoms with Gasteiger partial charge in [-0.05, 0) is 49.9 Å². The van der Waals surface area contributed by atoms with Gasteiger partial charge in [0, 0.05) is 17.8 Å².